The van der Waals surface area contributed by atoms with Crippen molar-refractivity contribution in [3.63, 3.8) is 0 Å². The topological polar surface area (TPSA) is 130 Å². The Morgan fingerprint density at radius 2 is 1.97 bits per heavy atom. The second-order valence-electron chi connectivity index (χ2n) is 8.99. The summed E-state index contributed by atoms with van der Waals surface area (Å²) in [6, 6.07) is 17.6. The minimum atomic E-state index is -0.459. The molecule has 0 spiro atoms. The Bertz CT molecular complexity index is 1640. The first-order valence-electron chi connectivity index (χ1n) is 11.8. The van der Waals surface area contributed by atoms with Gasteiger partial charge in [-0.1, -0.05) is 48.5 Å². The lowest BCUT2D eigenvalue weighted by Gasteiger charge is -2.30. The molecule has 0 saturated heterocycles. The number of carbonyl (C=O) groups is 2. The van der Waals surface area contributed by atoms with E-state index in [9.17, 15) is 14.4 Å². The molecule has 4 aromatic rings. The maximum absolute atomic E-state index is 12.9. The van der Waals surface area contributed by atoms with E-state index >= 15 is 0 Å². The van der Waals surface area contributed by atoms with Crippen LogP contribution in [0.4, 0.5) is 0 Å². The van der Waals surface area contributed by atoms with Gasteiger partial charge in [-0.25, -0.2) is 4.98 Å². The molecule has 186 valence electrons. The molecule has 9 nitrogen and oxygen atoms in total. The summed E-state index contributed by atoms with van der Waals surface area (Å²) in [6.45, 7) is 1.47. The third-order valence-corrected chi connectivity index (χ3v) is 7.66. The Morgan fingerprint density at radius 3 is 2.76 bits per heavy atom. The van der Waals surface area contributed by atoms with Gasteiger partial charge in [0.05, 0.1) is 5.39 Å². The molecule has 0 bridgehead atoms. The van der Waals surface area contributed by atoms with Crippen LogP contribution in [0.1, 0.15) is 27.3 Å². The summed E-state index contributed by atoms with van der Waals surface area (Å²) in [7, 11) is 0. The average Bonchev–Trinajstić information content (AvgIpc) is 3.50. The van der Waals surface area contributed by atoms with Gasteiger partial charge in [-0.3, -0.25) is 14.4 Å². The molecule has 0 saturated carbocycles. The van der Waals surface area contributed by atoms with Gasteiger partial charge in [0, 0.05) is 24.5 Å². The van der Waals surface area contributed by atoms with Crippen LogP contribution in [0, 0.1) is 0 Å². The molecule has 0 radical (unpaired) electrons. The van der Waals surface area contributed by atoms with Crippen LogP contribution in [0.2, 0.25) is 0 Å². The monoisotopic (exact) mass is 513 g/mol. The Morgan fingerprint density at radius 1 is 1.14 bits per heavy atom. The smallest absolute Gasteiger partial charge is 0.287 e. The first kappa shape index (κ1) is 23.0. The fraction of sp³-hybridized carbons (Fsp3) is 0.185. The molecule has 1 amide bonds. The molecule has 37 heavy (non-hydrogen) atoms. The molecular weight excluding hydrogens is 490 g/mol. The number of hydrogen-bond acceptors (Lipinski definition) is 8. The summed E-state index contributed by atoms with van der Waals surface area (Å²) in [5.41, 5.74) is 10.1. The third kappa shape index (κ3) is 4.36. The number of nitrogens with zero attached hydrogens (tertiary/aromatic N) is 2. The second-order valence-corrected chi connectivity index (χ2v) is 10.0. The summed E-state index contributed by atoms with van der Waals surface area (Å²) in [5.74, 6) is -0.411. The van der Waals surface area contributed by atoms with Crippen LogP contribution >= 0.6 is 11.3 Å². The van der Waals surface area contributed by atoms with Crippen LogP contribution in [-0.2, 0) is 29.0 Å². The highest BCUT2D eigenvalue weighted by molar-refractivity contribution is 7.21. The zero-order valence-electron chi connectivity index (χ0n) is 19.7. The molecule has 0 fully saturated rings. The van der Waals surface area contributed by atoms with Crippen molar-refractivity contribution in [1.82, 2.24) is 20.2 Å². The summed E-state index contributed by atoms with van der Waals surface area (Å²) in [6.07, 6.45) is 0.781. The van der Waals surface area contributed by atoms with Crippen molar-refractivity contribution in [2.24, 2.45) is 5.73 Å². The van der Waals surface area contributed by atoms with Crippen molar-refractivity contribution < 1.29 is 14.3 Å². The zero-order chi connectivity index (χ0) is 25.5. The first-order valence-corrected chi connectivity index (χ1v) is 12.7. The Hall–Kier alpha value is -4.44. The number of ether oxygens (including phenoxy) is 1. The fourth-order valence-electron chi connectivity index (χ4n) is 4.71. The van der Waals surface area contributed by atoms with Gasteiger partial charge in [0.2, 0.25) is 17.5 Å². The fourth-order valence-corrected chi connectivity index (χ4v) is 5.75. The van der Waals surface area contributed by atoms with Gasteiger partial charge in [0.15, 0.2) is 6.61 Å². The summed E-state index contributed by atoms with van der Waals surface area (Å²) < 4.78 is 5.20. The predicted molar refractivity (Wildman–Crippen MR) is 140 cm³/mol. The van der Waals surface area contributed by atoms with E-state index in [4.69, 9.17) is 10.5 Å². The number of thiophene rings is 1. The van der Waals surface area contributed by atoms with Gasteiger partial charge in [-0.05, 0) is 34.7 Å². The van der Waals surface area contributed by atoms with E-state index in [2.05, 4.69) is 15.3 Å². The van der Waals surface area contributed by atoms with Gasteiger partial charge in [0.1, 0.15) is 10.5 Å². The van der Waals surface area contributed by atoms with E-state index in [1.54, 1.807) is 6.07 Å². The number of H-pyrrole nitrogens is 1. The average molecular weight is 514 g/mol. The van der Waals surface area contributed by atoms with Gasteiger partial charge in [-0.2, -0.15) is 0 Å². The highest BCUT2D eigenvalue weighted by Crippen LogP contribution is 2.31. The lowest BCUT2D eigenvalue weighted by molar-refractivity contribution is -0.117. The van der Waals surface area contributed by atoms with Crippen molar-refractivity contribution >= 4 is 33.2 Å². The minimum absolute atomic E-state index is 0.0163. The van der Waals surface area contributed by atoms with Crippen LogP contribution in [0.15, 0.2) is 71.0 Å². The van der Waals surface area contributed by atoms with E-state index in [0.29, 0.717) is 29.0 Å². The highest BCUT2D eigenvalue weighted by atomic mass is 32.1. The van der Waals surface area contributed by atoms with Crippen LogP contribution in [0.25, 0.3) is 20.7 Å². The molecule has 0 atom stereocenters. The number of rotatable bonds is 5. The quantitative estimate of drug-likeness (QED) is 0.374. The van der Waals surface area contributed by atoms with Crippen LogP contribution in [-0.4, -0.2) is 39.7 Å². The molecule has 6 rings (SSSR count). The lowest BCUT2D eigenvalue weighted by Crippen LogP contribution is -2.33. The second kappa shape index (κ2) is 9.21. The molecule has 2 aliphatic rings. The standard InChI is InChI=1S/C27H23N5O4S/c28-23-22(20(33)14-36-23)32-9-8-16-7-6-15(10-18(16)13-32)12-29-26(35)24-30-25(34)19-11-21(37-27(19)31-24)17-4-2-1-3-5-17/h1-7,10-11H,8-9,12-14,28H2,(H,29,35)(H,30,31,34). The zero-order valence-corrected chi connectivity index (χ0v) is 20.6. The van der Waals surface area contributed by atoms with Crippen LogP contribution < -0.4 is 16.6 Å². The molecule has 2 aliphatic heterocycles. The summed E-state index contributed by atoms with van der Waals surface area (Å²) in [4.78, 5) is 48.1. The summed E-state index contributed by atoms with van der Waals surface area (Å²) >= 11 is 1.38. The number of fused-ring (bicyclic) bond motifs is 2. The number of aromatic amines is 1. The normalized spacial score (nSPS) is 15.1. The van der Waals surface area contributed by atoms with E-state index < -0.39 is 5.91 Å². The maximum atomic E-state index is 12.9. The van der Waals surface area contributed by atoms with E-state index in [1.807, 2.05) is 53.4 Å². The molecule has 10 heteroatoms. The molecule has 2 aromatic carbocycles. The van der Waals surface area contributed by atoms with E-state index in [-0.39, 0.29) is 36.2 Å². The highest BCUT2D eigenvalue weighted by Gasteiger charge is 2.30. The lowest BCUT2D eigenvalue weighted by atomic mass is 9.96. The van der Waals surface area contributed by atoms with Crippen molar-refractivity contribution in [2.75, 3.05) is 13.2 Å². The Balaban J connectivity index is 1.18. The van der Waals surface area contributed by atoms with Gasteiger partial charge in [0.25, 0.3) is 11.5 Å². The van der Waals surface area contributed by atoms with Crippen LogP contribution in [0.3, 0.4) is 0 Å². The van der Waals surface area contributed by atoms with Crippen molar-refractivity contribution in [3.8, 4) is 10.4 Å². The van der Waals surface area contributed by atoms with Crippen molar-refractivity contribution in [3.05, 3.63) is 99.0 Å². The first-order chi connectivity index (χ1) is 18.0. The minimum Gasteiger partial charge on any atom is -0.469 e. The van der Waals surface area contributed by atoms with Gasteiger partial charge >= 0.3 is 0 Å². The number of nitrogens with two attached hydrogens (primary N) is 1. The number of hydrogen-bond donors (Lipinski definition) is 3. The number of ketones is 1. The van der Waals surface area contributed by atoms with Crippen molar-refractivity contribution in [2.45, 2.75) is 19.5 Å². The predicted octanol–water partition coefficient (Wildman–Crippen LogP) is 2.67. The number of nitrogens with one attached hydrogen (secondary N) is 2. The SMILES string of the molecule is NC1=C(N2CCc3ccc(CNC(=O)c4nc5sc(-c6ccccc6)cc5c(=O)[nH]4)cc3C2)C(=O)CO1. The molecule has 2 aromatic heterocycles. The molecule has 4 heterocycles. The van der Waals surface area contributed by atoms with E-state index in [0.717, 1.165) is 28.0 Å². The number of carbonyl (C=O) groups excluding carboxylic acids is 2. The van der Waals surface area contributed by atoms with Crippen molar-refractivity contribution in [1.29, 1.82) is 0 Å². The molecule has 0 aliphatic carbocycles. The Kier molecular flexibility index (Phi) is 5.72. The number of aromatic nitrogens is 2. The number of amides is 1. The molecule has 4 N–H and O–H groups in total. The number of Topliss-reactive ketones (excluding diaryl/α,β-unsaturated/α-hetero) is 1. The summed E-state index contributed by atoms with van der Waals surface area (Å²) in [5, 5.41) is 3.31. The van der Waals surface area contributed by atoms with Gasteiger partial charge < -0.3 is 25.7 Å². The van der Waals surface area contributed by atoms with Crippen LogP contribution in [0.5, 0.6) is 0 Å². The Labute approximate surface area is 215 Å². The number of benzene rings is 2. The molecular formula is C27H23N5O4S. The molecule has 0 unspecified atom stereocenters. The van der Waals surface area contributed by atoms with Gasteiger partial charge in [-0.15, -0.1) is 11.3 Å². The maximum Gasteiger partial charge on any atom is 0.287 e. The third-order valence-electron chi connectivity index (χ3n) is 6.58. The van der Waals surface area contributed by atoms with E-state index in [1.165, 1.54) is 16.9 Å². The largest absolute Gasteiger partial charge is 0.469 e.